The van der Waals surface area contributed by atoms with E-state index in [-0.39, 0.29) is 0 Å². The van der Waals surface area contributed by atoms with Gasteiger partial charge in [-0.05, 0) is 25.1 Å². The normalized spacial score (nSPS) is 13.4. The average Bonchev–Trinajstić information content (AvgIpc) is 2.35. The minimum absolute atomic E-state index is 0.394. The zero-order chi connectivity index (χ0) is 14.4. The van der Waals surface area contributed by atoms with Crippen molar-refractivity contribution in [2.75, 3.05) is 6.61 Å². The lowest BCUT2D eigenvalue weighted by Crippen LogP contribution is -2.48. The summed E-state index contributed by atoms with van der Waals surface area (Å²) in [6, 6.07) is 5.13. The quantitative estimate of drug-likeness (QED) is 0.715. The zero-order valence-corrected chi connectivity index (χ0v) is 10.9. The predicted octanol–water partition coefficient (Wildman–Crippen LogP) is 0.669. The highest BCUT2D eigenvalue weighted by atomic mass is 35.5. The zero-order valence-electron chi connectivity index (χ0n) is 10.2. The van der Waals surface area contributed by atoms with Gasteiger partial charge in [0.2, 0.25) is 0 Å². The lowest BCUT2D eigenvalue weighted by atomic mass is 10.2. The molecular formula is C12H14ClNO5. The van der Waals surface area contributed by atoms with Crippen molar-refractivity contribution in [2.24, 2.45) is 0 Å². The SMILES string of the molecule is CC(Oc1cccc(Cl)c1)C(=O)N[C@H](CO)C(=O)O. The Balaban J connectivity index is 2.60. The molecule has 2 atom stereocenters. The second-order valence-electron chi connectivity index (χ2n) is 3.80. The van der Waals surface area contributed by atoms with Crippen LogP contribution in [0.5, 0.6) is 5.75 Å². The molecule has 19 heavy (non-hydrogen) atoms. The minimum Gasteiger partial charge on any atom is -0.481 e. The minimum atomic E-state index is -1.35. The number of ether oxygens (including phenoxy) is 1. The van der Waals surface area contributed by atoms with E-state index in [1.54, 1.807) is 18.2 Å². The molecule has 0 aliphatic rings. The molecular weight excluding hydrogens is 274 g/mol. The maximum absolute atomic E-state index is 11.7. The molecule has 0 saturated heterocycles. The molecule has 0 fully saturated rings. The molecule has 3 N–H and O–H groups in total. The van der Waals surface area contributed by atoms with Crippen LogP contribution < -0.4 is 10.1 Å². The third kappa shape index (κ3) is 4.76. The Morgan fingerprint density at radius 1 is 1.47 bits per heavy atom. The van der Waals surface area contributed by atoms with Crippen LogP contribution in [0.15, 0.2) is 24.3 Å². The predicted molar refractivity (Wildman–Crippen MR) is 68.2 cm³/mol. The van der Waals surface area contributed by atoms with E-state index < -0.39 is 30.6 Å². The Hall–Kier alpha value is -1.79. The van der Waals surface area contributed by atoms with Crippen molar-refractivity contribution in [3.05, 3.63) is 29.3 Å². The van der Waals surface area contributed by atoms with E-state index in [0.717, 1.165) is 0 Å². The Bertz CT molecular complexity index is 465. The van der Waals surface area contributed by atoms with Gasteiger partial charge >= 0.3 is 5.97 Å². The number of hydrogen-bond donors (Lipinski definition) is 3. The Morgan fingerprint density at radius 2 is 2.16 bits per heavy atom. The van der Waals surface area contributed by atoms with Crippen LogP contribution in [0.25, 0.3) is 0 Å². The lowest BCUT2D eigenvalue weighted by Gasteiger charge is -2.17. The van der Waals surface area contributed by atoms with E-state index in [2.05, 4.69) is 5.32 Å². The first-order valence-corrected chi connectivity index (χ1v) is 5.88. The van der Waals surface area contributed by atoms with Crippen molar-refractivity contribution >= 4 is 23.5 Å². The first-order chi connectivity index (χ1) is 8.93. The molecule has 1 aromatic carbocycles. The summed E-state index contributed by atoms with van der Waals surface area (Å²) in [6.07, 6.45) is -0.910. The van der Waals surface area contributed by atoms with Gasteiger partial charge in [-0.25, -0.2) is 4.79 Å². The highest BCUT2D eigenvalue weighted by Gasteiger charge is 2.23. The lowest BCUT2D eigenvalue weighted by molar-refractivity contribution is -0.144. The Morgan fingerprint density at radius 3 is 2.68 bits per heavy atom. The molecule has 0 radical (unpaired) electrons. The van der Waals surface area contributed by atoms with Gasteiger partial charge in [0.15, 0.2) is 6.10 Å². The van der Waals surface area contributed by atoms with E-state index in [1.807, 2.05) is 0 Å². The summed E-state index contributed by atoms with van der Waals surface area (Å²) < 4.78 is 5.31. The van der Waals surface area contributed by atoms with Gasteiger partial charge in [0.1, 0.15) is 11.8 Å². The van der Waals surface area contributed by atoms with Crippen LogP contribution >= 0.6 is 11.6 Å². The molecule has 0 spiro atoms. The van der Waals surface area contributed by atoms with Gasteiger partial charge in [0, 0.05) is 5.02 Å². The third-order valence-corrected chi connectivity index (χ3v) is 2.51. The van der Waals surface area contributed by atoms with Gasteiger partial charge in [0.05, 0.1) is 6.61 Å². The molecule has 1 rings (SSSR count). The summed E-state index contributed by atoms with van der Waals surface area (Å²) in [5, 5.41) is 20.1. The van der Waals surface area contributed by atoms with E-state index in [1.165, 1.54) is 13.0 Å². The first kappa shape index (κ1) is 15.3. The molecule has 0 saturated carbocycles. The second kappa shape index (κ2) is 6.96. The number of carboxylic acids is 1. The smallest absolute Gasteiger partial charge is 0.328 e. The van der Waals surface area contributed by atoms with Gasteiger partial charge in [-0.3, -0.25) is 4.79 Å². The number of aliphatic hydroxyl groups excluding tert-OH is 1. The number of aliphatic carboxylic acids is 1. The number of nitrogens with one attached hydrogen (secondary N) is 1. The summed E-state index contributed by atoms with van der Waals surface area (Å²) in [5.74, 6) is -1.56. The van der Waals surface area contributed by atoms with E-state index in [9.17, 15) is 9.59 Å². The van der Waals surface area contributed by atoms with Crippen molar-refractivity contribution in [1.82, 2.24) is 5.32 Å². The second-order valence-corrected chi connectivity index (χ2v) is 4.24. The molecule has 0 bridgehead atoms. The highest BCUT2D eigenvalue weighted by molar-refractivity contribution is 6.30. The number of amides is 1. The molecule has 1 amide bonds. The van der Waals surface area contributed by atoms with Crippen molar-refractivity contribution in [2.45, 2.75) is 19.1 Å². The molecule has 1 aromatic rings. The van der Waals surface area contributed by atoms with Crippen molar-refractivity contribution in [3.8, 4) is 5.75 Å². The van der Waals surface area contributed by atoms with Crippen molar-refractivity contribution < 1.29 is 24.5 Å². The van der Waals surface area contributed by atoms with Crippen LogP contribution in [0.4, 0.5) is 0 Å². The molecule has 6 nitrogen and oxygen atoms in total. The van der Waals surface area contributed by atoms with Crippen molar-refractivity contribution in [1.29, 1.82) is 0 Å². The molecule has 0 aliphatic carbocycles. The third-order valence-electron chi connectivity index (χ3n) is 2.28. The van der Waals surface area contributed by atoms with E-state index in [4.69, 9.17) is 26.6 Å². The Labute approximate surface area is 114 Å². The van der Waals surface area contributed by atoms with Crippen LogP contribution in [0.3, 0.4) is 0 Å². The number of carboxylic acid groups (broad SMARTS) is 1. The summed E-state index contributed by atoms with van der Waals surface area (Å²) in [7, 11) is 0. The molecule has 104 valence electrons. The van der Waals surface area contributed by atoms with Crippen LogP contribution in [0.2, 0.25) is 5.02 Å². The number of carbonyl (C=O) groups is 2. The fourth-order valence-electron chi connectivity index (χ4n) is 1.27. The average molecular weight is 288 g/mol. The molecule has 1 unspecified atom stereocenters. The van der Waals surface area contributed by atoms with E-state index in [0.29, 0.717) is 10.8 Å². The summed E-state index contributed by atoms with van der Waals surface area (Å²) in [5.41, 5.74) is 0. The number of halogens is 1. The number of rotatable bonds is 6. The fourth-order valence-corrected chi connectivity index (χ4v) is 1.45. The van der Waals surface area contributed by atoms with Crippen molar-refractivity contribution in [3.63, 3.8) is 0 Å². The number of hydrogen-bond acceptors (Lipinski definition) is 4. The molecule has 0 heterocycles. The first-order valence-electron chi connectivity index (χ1n) is 5.50. The van der Waals surface area contributed by atoms with Gasteiger partial charge < -0.3 is 20.3 Å². The van der Waals surface area contributed by atoms with Gasteiger partial charge in [-0.1, -0.05) is 17.7 Å². The summed E-state index contributed by atoms with van der Waals surface area (Å²) in [4.78, 5) is 22.3. The van der Waals surface area contributed by atoms with Crippen LogP contribution in [0, 0.1) is 0 Å². The maximum Gasteiger partial charge on any atom is 0.328 e. The van der Waals surface area contributed by atoms with Crippen LogP contribution in [0.1, 0.15) is 6.92 Å². The largest absolute Gasteiger partial charge is 0.481 e. The highest BCUT2D eigenvalue weighted by Crippen LogP contribution is 2.18. The topological polar surface area (TPSA) is 95.9 Å². The van der Waals surface area contributed by atoms with Gasteiger partial charge in [-0.2, -0.15) is 0 Å². The number of aliphatic hydroxyl groups is 1. The van der Waals surface area contributed by atoms with Crippen LogP contribution in [-0.4, -0.2) is 40.8 Å². The van der Waals surface area contributed by atoms with Crippen LogP contribution in [-0.2, 0) is 9.59 Å². The summed E-state index contributed by atoms with van der Waals surface area (Å²) in [6.45, 7) is 0.775. The summed E-state index contributed by atoms with van der Waals surface area (Å²) >= 11 is 5.76. The Kier molecular flexibility index (Phi) is 5.59. The number of benzene rings is 1. The van der Waals surface area contributed by atoms with E-state index >= 15 is 0 Å². The van der Waals surface area contributed by atoms with Gasteiger partial charge in [-0.15, -0.1) is 0 Å². The number of carbonyl (C=O) groups excluding carboxylic acids is 1. The fraction of sp³-hybridized carbons (Fsp3) is 0.333. The molecule has 0 aliphatic heterocycles. The molecule has 0 aromatic heterocycles. The van der Waals surface area contributed by atoms with Gasteiger partial charge in [0.25, 0.3) is 5.91 Å². The maximum atomic E-state index is 11.7. The molecule has 7 heteroatoms. The monoisotopic (exact) mass is 287 g/mol. The standard InChI is InChI=1S/C12H14ClNO5/c1-7(11(16)14-10(6-15)12(17)18)19-9-4-2-3-8(13)5-9/h2-5,7,10,15H,6H2,1H3,(H,14,16)(H,17,18)/t7?,10-/m1/s1.